The summed E-state index contributed by atoms with van der Waals surface area (Å²) in [6.07, 6.45) is 1.76. The SMILES string of the molecule is CC[C@@]1(N2CCN(S(=O)(=O)c3ccc(F)c(Cl)c3)CC2)CCN(C(=O)NC)C1. The minimum Gasteiger partial charge on any atom is -0.341 e. The average Bonchev–Trinajstić information content (AvgIpc) is 3.15. The van der Waals surface area contributed by atoms with E-state index in [1.54, 1.807) is 7.05 Å². The lowest BCUT2D eigenvalue weighted by atomic mass is 9.92. The Kier molecular flexibility index (Phi) is 6.19. The van der Waals surface area contributed by atoms with Gasteiger partial charge in [0.05, 0.1) is 9.92 Å². The van der Waals surface area contributed by atoms with Gasteiger partial charge in [-0.15, -0.1) is 0 Å². The van der Waals surface area contributed by atoms with Crippen molar-refractivity contribution in [1.29, 1.82) is 0 Å². The number of amides is 2. The van der Waals surface area contributed by atoms with Gasteiger partial charge in [-0.05, 0) is 31.0 Å². The summed E-state index contributed by atoms with van der Waals surface area (Å²) in [5.41, 5.74) is -0.123. The Morgan fingerprint density at radius 2 is 1.93 bits per heavy atom. The molecule has 156 valence electrons. The van der Waals surface area contributed by atoms with E-state index in [0.717, 1.165) is 25.0 Å². The van der Waals surface area contributed by atoms with Crippen molar-refractivity contribution in [3.8, 4) is 0 Å². The van der Waals surface area contributed by atoms with Gasteiger partial charge in [-0.25, -0.2) is 17.6 Å². The number of hydrogen-bond donors (Lipinski definition) is 1. The Morgan fingerprint density at radius 3 is 2.50 bits per heavy atom. The molecule has 0 unspecified atom stereocenters. The standard InChI is InChI=1S/C18H26ClFN4O3S/c1-3-18(6-7-22(13-18)17(25)21-2)23-8-10-24(11-9-23)28(26,27)14-4-5-16(20)15(19)12-14/h4-5,12H,3,6-11,13H2,1-2H3,(H,21,25)/t18-/m1/s1. The van der Waals surface area contributed by atoms with Crippen LogP contribution in [-0.2, 0) is 10.0 Å². The first-order valence-corrected chi connectivity index (χ1v) is 11.2. The molecular weight excluding hydrogens is 407 g/mol. The van der Waals surface area contributed by atoms with Crippen LogP contribution >= 0.6 is 11.6 Å². The first-order chi connectivity index (χ1) is 13.2. The Hall–Kier alpha value is -1.42. The second-order valence-electron chi connectivity index (χ2n) is 7.27. The third-order valence-corrected chi connectivity index (χ3v) is 8.11. The quantitative estimate of drug-likeness (QED) is 0.789. The van der Waals surface area contributed by atoms with Crippen LogP contribution in [0, 0.1) is 5.82 Å². The summed E-state index contributed by atoms with van der Waals surface area (Å²) in [6, 6.07) is 3.40. The van der Waals surface area contributed by atoms with Gasteiger partial charge in [0, 0.05) is 51.9 Å². The van der Waals surface area contributed by atoms with Crippen molar-refractivity contribution in [3.05, 3.63) is 29.0 Å². The number of sulfonamides is 1. The zero-order valence-corrected chi connectivity index (χ0v) is 17.7. The maximum absolute atomic E-state index is 13.4. The Bertz CT molecular complexity index is 845. The van der Waals surface area contributed by atoms with Crippen LogP contribution < -0.4 is 5.32 Å². The molecule has 0 aromatic heterocycles. The summed E-state index contributed by atoms with van der Waals surface area (Å²) in [5.74, 6) is -0.641. The molecule has 0 bridgehead atoms. The minimum atomic E-state index is -3.72. The fraction of sp³-hybridized carbons (Fsp3) is 0.611. The van der Waals surface area contributed by atoms with E-state index >= 15 is 0 Å². The zero-order valence-electron chi connectivity index (χ0n) is 16.1. The number of piperazine rings is 1. The van der Waals surface area contributed by atoms with Gasteiger partial charge in [-0.3, -0.25) is 4.90 Å². The normalized spacial score (nSPS) is 24.5. The second kappa shape index (κ2) is 8.14. The van der Waals surface area contributed by atoms with Gasteiger partial charge in [0.1, 0.15) is 5.82 Å². The van der Waals surface area contributed by atoms with Crippen LogP contribution in [0.3, 0.4) is 0 Å². The van der Waals surface area contributed by atoms with E-state index in [-0.39, 0.29) is 21.5 Å². The van der Waals surface area contributed by atoms with E-state index < -0.39 is 15.8 Å². The molecule has 0 radical (unpaired) electrons. The van der Waals surface area contributed by atoms with E-state index in [2.05, 4.69) is 17.1 Å². The summed E-state index contributed by atoms with van der Waals surface area (Å²) in [4.78, 5) is 16.1. The highest BCUT2D eigenvalue weighted by atomic mass is 35.5. The molecule has 0 saturated carbocycles. The summed E-state index contributed by atoms with van der Waals surface area (Å²) >= 11 is 5.75. The molecule has 7 nitrogen and oxygen atoms in total. The van der Waals surface area contributed by atoms with Crippen molar-refractivity contribution in [2.75, 3.05) is 46.3 Å². The summed E-state index contributed by atoms with van der Waals surface area (Å²) in [5, 5.41) is 2.46. The third kappa shape index (κ3) is 3.85. The van der Waals surface area contributed by atoms with Crippen molar-refractivity contribution in [3.63, 3.8) is 0 Å². The molecule has 2 amide bonds. The van der Waals surface area contributed by atoms with Crippen LogP contribution in [0.1, 0.15) is 19.8 Å². The molecule has 1 aromatic carbocycles. The van der Waals surface area contributed by atoms with Crippen molar-refractivity contribution in [2.24, 2.45) is 0 Å². The van der Waals surface area contributed by atoms with Gasteiger partial charge < -0.3 is 10.2 Å². The van der Waals surface area contributed by atoms with E-state index in [4.69, 9.17) is 11.6 Å². The zero-order chi connectivity index (χ0) is 20.5. The van der Waals surface area contributed by atoms with Crippen LogP contribution in [0.4, 0.5) is 9.18 Å². The predicted octanol–water partition coefficient (Wildman–Crippen LogP) is 1.98. The van der Waals surface area contributed by atoms with Gasteiger partial charge in [0.25, 0.3) is 0 Å². The molecule has 2 fully saturated rings. The van der Waals surface area contributed by atoms with E-state index in [0.29, 0.717) is 39.3 Å². The number of likely N-dealkylation sites (tertiary alicyclic amines) is 1. The highest BCUT2D eigenvalue weighted by Gasteiger charge is 2.44. The molecule has 0 aliphatic carbocycles. The van der Waals surface area contributed by atoms with Crippen LogP contribution in [0.2, 0.25) is 5.02 Å². The first kappa shape index (κ1) is 21.3. The van der Waals surface area contributed by atoms with Crippen LogP contribution in [0.25, 0.3) is 0 Å². The molecule has 2 aliphatic heterocycles. The van der Waals surface area contributed by atoms with Gasteiger partial charge >= 0.3 is 6.03 Å². The number of halogens is 2. The van der Waals surface area contributed by atoms with E-state index in [9.17, 15) is 17.6 Å². The number of nitrogens with zero attached hydrogens (tertiary/aromatic N) is 3. The molecule has 2 saturated heterocycles. The predicted molar refractivity (Wildman–Crippen MR) is 105 cm³/mol. The molecular formula is C18H26ClFN4O3S. The van der Waals surface area contributed by atoms with Crippen LogP contribution in [-0.4, -0.2) is 80.4 Å². The van der Waals surface area contributed by atoms with Gasteiger partial charge in [0.2, 0.25) is 10.0 Å². The molecule has 2 aliphatic rings. The van der Waals surface area contributed by atoms with Crippen LogP contribution in [0.15, 0.2) is 23.1 Å². The summed E-state index contributed by atoms with van der Waals surface area (Å²) < 4.78 is 40.5. The second-order valence-corrected chi connectivity index (χ2v) is 9.62. The molecule has 1 N–H and O–H groups in total. The van der Waals surface area contributed by atoms with Crippen molar-refractivity contribution in [2.45, 2.75) is 30.2 Å². The Morgan fingerprint density at radius 1 is 1.25 bits per heavy atom. The number of nitrogens with one attached hydrogen (secondary N) is 1. The van der Waals surface area contributed by atoms with E-state index in [1.807, 2.05) is 4.90 Å². The largest absolute Gasteiger partial charge is 0.341 e. The number of carbonyl (C=O) groups is 1. The smallest absolute Gasteiger partial charge is 0.317 e. The first-order valence-electron chi connectivity index (χ1n) is 9.40. The number of rotatable bonds is 4. The lowest BCUT2D eigenvalue weighted by Gasteiger charge is -2.45. The fourth-order valence-corrected chi connectivity index (χ4v) is 5.84. The monoisotopic (exact) mass is 432 g/mol. The lowest BCUT2D eigenvalue weighted by Crippen LogP contribution is -2.59. The van der Waals surface area contributed by atoms with Crippen molar-refractivity contribution in [1.82, 2.24) is 19.4 Å². The molecule has 1 aromatic rings. The molecule has 28 heavy (non-hydrogen) atoms. The number of urea groups is 1. The Balaban J connectivity index is 1.69. The average molecular weight is 433 g/mol. The number of hydrogen-bond acceptors (Lipinski definition) is 4. The minimum absolute atomic E-state index is 0.00390. The summed E-state index contributed by atoms with van der Waals surface area (Å²) in [6.45, 7) is 5.31. The topological polar surface area (TPSA) is 73.0 Å². The molecule has 10 heteroatoms. The highest BCUT2D eigenvalue weighted by molar-refractivity contribution is 7.89. The van der Waals surface area contributed by atoms with Gasteiger partial charge in [-0.2, -0.15) is 4.31 Å². The number of benzene rings is 1. The van der Waals surface area contributed by atoms with Crippen molar-refractivity contribution >= 4 is 27.7 Å². The highest BCUT2D eigenvalue weighted by Crippen LogP contribution is 2.33. The third-order valence-electron chi connectivity index (χ3n) is 5.93. The maximum atomic E-state index is 13.4. The van der Waals surface area contributed by atoms with Gasteiger partial charge in [-0.1, -0.05) is 18.5 Å². The van der Waals surface area contributed by atoms with Crippen LogP contribution in [0.5, 0.6) is 0 Å². The summed E-state index contributed by atoms with van der Waals surface area (Å²) in [7, 11) is -2.10. The van der Waals surface area contributed by atoms with E-state index in [1.165, 1.54) is 10.4 Å². The molecule has 3 rings (SSSR count). The fourth-order valence-electron chi connectivity index (χ4n) is 4.15. The number of carbonyl (C=O) groups excluding carboxylic acids is 1. The Labute approximate surface area is 170 Å². The van der Waals surface area contributed by atoms with Crippen molar-refractivity contribution < 1.29 is 17.6 Å². The molecule has 0 spiro atoms. The molecule has 1 atom stereocenters. The lowest BCUT2D eigenvalue weighted by molar-refractivity contribution is 0.0574. The maximum Gasteiger partial charge on any atom is 0.317 e. The molecule has 2 heterocycles. The van der Waals surface area contributed by atoms with Gasteiger partial charge in [0.15, 0.2) is 0 Å².